The minimum Gasteiger partial charge on any atom is -0.449 e. The Hall–Kier alpha value is -3.70. The van der Waals surface area contributed by atoms with Gasteiger partial charge in [-0.3, -0.25) is 14.3 Å². The van der Waals surface area contributed by atoms with E-state index in [-0.39, 0.29) is 16.1 Å². The molecule has 3 aromatic rings. The molecule has 11 heteroatoms. The Morgan fingerprint density at radius 2 is 1.69 bits per heavy atom. The molecule has 0 saturated carbocycles. The minimum absolute atomic E-state index is 0.00247. The average Bonchev–Trinajstić information content (AvgIpc) is 3.49. The maximum Gasteiger partial charge on any atom is 0.338 e. The van der Waals surface area contributed by atoms with Gasteiger partial charge in [0.15, 0.2) is 6.10 Å². The number of hydrogen-bond donors (Lipinski definition) is 1. The molecule has 1 unspecified atom stereocenters. The number of nitrogens with zero attached hydrogens (tertiary/aromatic N) is 3. The number of aromatic nitrogens is 2. The van der Waals surface area contributed by atoms with Gasteiger partial charge in [-0.05, 0) is 57.0 Å². The van der Waals surface area contributed by atoms with E-state index >= 15 is 0 Å². The highest BCUT2D eigenvalue weighted by Crippen LogP contribution is 2.22. The molecule has 1 atom stereocenters. The summed E-state index contributed by atoms with van der Waals surface area (Å²) in [5, 5.41) is 2.57. The van der Waals surface area contributed by atoms with Gasteiger partial charge in [0.25, 0.3) is 11.5 Å². The van der Waals surface area contributed by atoms with Gasteiger partial charge in [-0.25, -0.2) is 17.9 Å². The zero-order chi connectivity index (χ0) is 26.0. The number of amides is 1. The van der Waals surface area contributed by atoms with Crippen molar-refractivity contribution in [3.8, 4) is 5.69 Å². The fraction of sp³-hybridized carbons (Fsp3) is 0.320. The number of carbonyl (C=O) groups is 2. The standard InChI is InChI=1S/C25H28N4O6S/c1-17-22(24(31)29(27(17)3)20-11-5-4-6-12-20)26-23(30)18(2)35-25(32)19-10-9-13-21(16-19)36(33,34)28-14-7-8-15-28/h4-6,9-13,16,18H,7-8,14-15H2,1-3H3,(H,26,30). The van der Waals surface area contributed by atoms with E-state index in [1.165, 1.54) is 40.2 Å². The molecule has 0 radical (unpaired) electrons. The Morgan fingerprint density at radius 3 is 2.36 bits per heavy atom. The molecule has 2 heterocycles. The van der Waals surface area contributed by atoms with Gasteiger partial charge in [-0.15, -0.1) is 0 Å². The quantitative estimate of drug-likeness (QED) is 0.486. The second-order valence-electron chi connectivity index (χ2n) is 8.61. The number of rotatable bonds is 7. The van der Waals surface area contributed by atoms with Crippen LogP contribution in [0.2, 0.25) is 0 Å². The van der Waals surface area contributed by atoms with Crippen LogP contribution in [0.25, 0.3) is 5.69 Å². The lowest BCUT2D eigenvalue weighted by Crippen LogP contribution is -2.32. The van der Waals surface area contributed by atoms with Gasteiger partial charge < -0.3 is 10.1 Å². The van der Waals surface area contributed by atoms with Gasteiger partial charge in [-0.2, -0.15) is 4.31 Å². The Labute approximate surface area is 209 Å². The molecule has 1 aromatic heterocycles. The van der Waals surface area contributed by atoms with Crippen molar-refractivity contribution < 1.29 is 22.7 Å². The fourth-order valence-electron chi connectivity index (χ4n) is 4.08. The summed E-state index contributed by atoms with van der Waals surface area (Å²) >= 11 is 0. The summed E-state index contributed by atoms with van der Waals surface area (Å²) in [5.41, 5.74) is 0.825. The molecule has 0 aliphatic carbocycles. The normalized spacial score (nSPS) is 15.0. The Kier molecular flexibility index (Phi) is 7.14. The minimum atomic E-state index is -3.71. The molecule has 10 nitrogen and oxygen atoms in total. The molecular formula is C25H28N4O6S. The van der Waals surface area contributed by atoms with E-state index < -0.39 is 33.6 Å². The Morgan fingerprint density at radius 1 is 1.03 bits per heavy atom. The van der Waals surface area contributed by atoms with Crippen molar-refractivity contribution in [3.63, 3.8) is 0 Å². The molecule has 36 heavy (non-hydrogen) atoms. The van der Waals surface area contributed by atoms with Gasteiger partial charge in [0.1, 0.15) is 5.69 Å². The predicted octanol–water partition coefficient (Wildman–Crippen LogP) is 2.45. The largest absolute Gasteiger partial charge is 0.449 e. The number of sulfonamides is 1. The molecule has 1 aliphatic rings. The summed E-state index contributed by atoms with van der Waals surface area (Å²) in [5.74, 6) is -1.53. The highest BCUT2D eigenvalue weighted by Gasteiger charge is 2.28. The van der Waals surface area contributed by atoms with Crippen LogP contribution in [-0.2, 0) is 26.6 Å². The molecule has 1 N–H and O–H groups in total. The van der Waals surface area contributed by atoms with Crippen molar-refractivity contribution in [3.05, 3.63) is 76.2 Å². The van der Waals surface area contributed by atoms with Crippen LogP contribution in [0, 0.1) is 6.92 Å². The van der Waals surface area contributed by atoms with Crippen LogP contribution >= 0.6 is 0 Å². The monoisotopic (exact) mass is 512 g/mol. The number of carbonyl (C=O) groups excluding carboxylic acids is 2. The van der Waals surface area contributed by atoms with E-state index in [0.29, 0.717) is 24.5 Å². The van der Waals surface area contributed by atoms with Gasteiger partial charge in [-0.1, -0.05) is 24.3 Å². The summed E-state index contributed by atoms with van der Waals surface area (Å²) in [6.07, 6.45) is 0.357. The number of benzene rings is 2. The number of ether oxygens (including phenoxy) is 1. The summed E-state index contributed by atoms with van der Waals surface area (Å²) in [6, 6.07) is 14.5. The topological polar surface area (TPSA) is 120 Å². The van der Waals surface area contributed by atoms with Gasteiger partial charge >= 0.3 is 5.97 Å². The molecular weight excluding hydrogens is 484 g/mol. The number of para-hydroxylation sites is 1. The van der Waals surface area contributed by atoms with Crippen molar-refractivity contribution in [2.75, 3.05) is 18.4 Å². The molecule has 0 spiro atoms. The number of nitrogens with one attached hydrogen (secondary N) is 1. The van der Waals surface area contributed by atoms with Crippen LogP contribution in [0.3, 0.4) is 0 Å². The van der Waals surface area contributed by atoms with Crippen molar-refractivity contribution in [1.82, 2.24) is 13.7 Å². The van der Waals surface area contributed by atoms with Crippen molar-refractivity contribution >= 4 is 27.6 Å². The van der Waals surface area contributed by atoms with Gasteiger partial charge in [0, 0.05) is 20.1 Å². The van der Waals surface area contributed by atoms with Crippen molar-refractivity contribution in [2.24, 2.45) is 7.05 Å². The lowest BCUT2D eigenvalue weighted by Gasteiger charge is -2.16. The molecule has 1 amide bonds. The zero-order valence-corrected chi connectivity index (χ0v) is 21.1. The maximum absolute atomic E-state index is 13.0. The molecule has 190 valence electrons. The highest BCUT2D eigenvalue weighted by atomic mass is 32.2. The van der Waals surface area contributed by atoms with Crippen LogP contribution in [0.1, 0.15) is 35.8 Å². The first-order valence-electron chi connectivity index (χ1n) is 11.6. The zero-order valence-electron chi connectivity index (χ0n) is 20.3. The lowest BCUT2D eigenvalue weighted by molar-refractivity contribution is -0.123. The summed E-state index contributed by atoms with van der Waals surface area (Å²) in [4.78, 5) is 38.5. The molecule has 4 rings (SSSR count). The second kappa shape index (κ2) is 10.1. The third-order valence-corrected chi connectivity index (χ3v) is 8.12. The second-order valence-corrected chi connectivity index (χ2v) is 10.6. The third-order valence-electron chi connectivity index (χ3n) is 6.23. The molecule has 1 aliphatic heterocycles. The average molecular weight is 513 g/mol. The molecule has 0 bridgehead atoms. The van der Waals surface area contributed by atoms with E-state index in [4.69, 9.17) is 4.74 Å². The SMILES string of the molecule is Cc1c(NC(=O)C(C)OC(=O)c2cccc(S(=O)(=O)N3CCCC3)c2)c(=O)n(-c2ccccc2)n1C. The van der Waals surface area contributed by atoms with Crippen LogP contribution in [0.15, 0.2) is 64.3 Å². The smallest absolute Gasteiger partial charge is 0.338 e. The summed E-state index contributed by atoms with van der Waals surface area (Å²) < 4.78 is 35.4. The number of esters is 1. The van der Waals surface area contributed by atoms with Crippen molar-refractivity contribution in [2.45, 2.75) is 37.7 Å². The van der Waals surface area contributed by atoms with E-state index in [1.54, 1.807) is 42.9 Å². The van der Waals surface area contributed by atoms with Crippen LogP contribution in [0.4, 0.5) is 5.69 Å². The van der Waals surface area contributed by atoms with E-state index in [9.17, 15) is 22.8 Å². The molecule has 2 aromatic carbocycles. The number of anilines is 1. The van der Waals surface area contributed by atoms with Gasteiger partial charge in [0.05, 0.1) is 21.8 Å². The highest BCUT2D eigenvalue weighted by molar-refractivity contribution is 7.89. The van der Waals surface area contributed by atoms with E-state index in [1.807, 2.05) is 6.07 Å². The van der Waals surface area contributed by atoms with Crippen LogP contribution in [0.5, 0.6) is 0 Å². The van der Waals surface area contributed by atoms with Crippen LogP contribution < -0.4 is 10.9 Å². The molecule has 1 saturated heterocycles. The molecule has 1 fully saturated rings. The third kappa shape index (κ3) is 4.84. The van der Waals surface area contributed by atoms with E-state index in [2.05, 4.69) is 5.32 Å². The van der Waals surface area contributed by atoms with Crippen LogP contribution in [-0.4, -0.2) is 53.2 Å². The first-order chi connectivity index (χ1) is 17.1. The summed E-state index contributed by atoms with van der Waals surface area (Å²) in [6.45, 7) is 3.96. The fourth-order valence-corrected chi connectivity index (χ4v) is 5.64. The Bertz CT molecular complexity index is 1450. The Balaban J connectivity index is 1.48. The summed E-state index contributed by atoms with van der Waals surface area (Å²) in [7, 11) is -2.01. The maximum atomic E-state index is 13.0. The predicted molar refractivity (Wildman–Crippen MR) is 134 cm³/mol. The van der Waals surface area contributed by atoms with E-state index in [0.717, 1.165) is 12.8 Å². The lowest BCUT2D eigenvalue weighted by atomic mass is 10.2. The van der Waals surface area contributed by atoms with Crippen molar-refractivity contribution in [1.29, 1.82) is 0 Å². The van der Waals surface area contributed by atoms with Gasteiger partial charge in [0.2, 0.25) is 10.0 Å². The first-order valence-corrected chi connectivity index (χ1v) is 13.0. The first kappa shape index (κ1) is 25.4. The number of hydrogen-bond acceptors (Lipinski definition) is 6.